The molecule has 0 aliphatic heterocycles. The van der Waals surface area contributed by atoms with Crippen molar-refractivity contribution in [2.45, 2.75) is 6.36 Å². The van der Waals surface area contributed by atoms with Gasteiger partial charge in [-0.05, 0) is 12.1 Å². The van der Waals surface area contributed by atoms with E-state index < -0.39 is 12.1 Å². The van der Waals surface area contributed by atoms with E-state index in [0.29, 0.717) is 11.4 Å². The van der Waals surface area contributed by atoms with E-state index in [-0.39, 0.29) is 5.56 Å². The number of rotatable bonds is 2. The van der Waals surface area contributed by atoms with Crippen molar-refractivity contribution in [2.24, 2.45) is 0 Å². The smallest absolute Gasteiger partial charge is 0.404 e. The summed E-state index contributed by atoms with van der Waals surface area (Å²) in [6.07, 6.45) is -1.46. The van der Waals surface area contributed by atoms with E-state index >= 15 is 0 Å². The molecule has 2 aromatic rings. The van der Waals surface area contributed by atoms with Crippen LogP contribution in [0.5, 0.6) is 5.75 Å². The van der Waals surface area contributed by atoms with Crippen LogP contribution in [0.3, 0.4) is 0 Å². The fourth-order valence-corrected chi connectivity index (χ4v) is 1.21. The number of aromatic amines is 1. The minimum atomic E-state index is -4.75. The monoisotopic (exact) mass is 257 g/mol. The Morgan fingerprint density at radius 2 is 1.83 bits per heavy atom. The molecule has 0 aromatic carbocycles. The van der Waals surface area contributed by atoms with Gasteiger partial charge in [-0.2, -0.15) is 0 Å². The Balaban J connectivity index is 2.22. The molecule has 2 rings (SSSR count). The van der Waals surface area contributed by atoms with Crippen LogP contribution < -0.4 is 10.3 Å². The lowest BCUT2D eigenvalue weighted by molar-refractivity contribution is -0.274. The number of alkyl halides is 3. The van der Waals surface area contributed by atoms with Gasteiger partial charge in [0.1, 0.15) is 11.4 Å². The fraction of sp³-hybridized carbons (Fsp3) is 0.100. The molecule has 2 heterocycles. The maximum atomic E-state index is 11.9. The van der Waals surface area contributed by atoms with E-state index in [2.05, 4.69) is 19.7 Å². The molecule has 0 saturated heterocycles. The van der Waals surface area contributed by atoms with Gasteiger partial charge in [0.15, 0.2) is 0 Å². The first-order chi connectivity index (χ1) is 8.44. The van der Waals surface area contributed by atoms with Gasteiger partial charge in [-0.3, -0.25) is 9.78 Å². The quantitative estimate of drug-likeness (QED) is 0.889. The zero-order chi connectivity index (χ0) is 13.2. The number of nitrogens with zero attached hydrogens (tertiary/aromatic N) is 2. The van der Waals surface area contributed by atoms with E-state index in [1.807, 2.05) is 0 Å². The van der Waals surface area contributed by atoms with E-state index in [0.717, 1.165) is 18.5 Å². The van der Waals surface area contributed by atoms with Crippen LogP contribution in [0, 0.1) is 0 Å². The summed E-state index contributed by atoms with van der Waals surface area (Å²) in [5.41, 5.74) is 0.282. The molecule has 0 aliphatic rings. The lowest BCUT2D eigenvalue weighted by Gasteiger charge is -2.08. The summed E-state index contributed by atoms with van der Waals surface area (Å²) in [6.45, 7) is 0. The molecule has 94 valence electrons. The van der Waals surface area contributed by atoms with Crippen molar-refractivity contribution in [1.82, 2.24) is 15.0 Å². The number of hydrogen-bond donors (Lipinski definition) is 1. The number of aromatic nitrogens is 3. The van der Waals surface area contributed by atoms with Gasteiger partial charge in [-0.15, -0.1) is 13.2 Å². The van der Waals surface area contributed by atoms with Gasteiger partial charge in [0.2, 0.25) is 0 Å². The van der Waals surface area contributed by atoms with Crippen molar-refractivity contribution in [3.8, 4) is 17.1 Å². The van der Waals surface area contributed by atoms with Crippen LogP contribution in [0.25, 0.3) is 11.4 Å². The van der Waals surface area contributed by atoms with Crippen LogP contribution in [0.4, 0.5) is 13.2 Å². The molecule has 0 spiro atoms. The van der Waals surface area contributed by atoms with Crippen LogP contribution in [-0.2, 0) is 0 Å². The molecule has 1 N–H and O–H groups in total. The molecule has 0 atom stereocenters. The maximum absolute atomic E-state index is 11.9. The Hall–Kier alpha value is -2.38. The lowest BCUT2D eigenvalue weighted by Crippen LogP contribution is -2.17. The summed E-state index contributed by atoms with van der Waals surface area (Å²) in [4.78, 5) is 20.7. The molecule has 0 radical (unpaired) electrons. The SMILES string of the molecule is O=c1cnc(-c2ccc(OC(F)(F)F)cn2)c[nH]1. The predicted molar refractivity (Wildman–Crippen MR) is 54.8 cm³/mol. The molecule has 0 fully saturated rings. The number of ether oxygens (including phenoxy) is 1. The van der Waals surface area contributed by atoms with E-state index in [1.54, 1.807) is 0 Å². The molecule has 18 heavy (non-hydrogen) atoms. The second-order valence-corrected chi connectivity index (χ2v) is 3.22. The first-order valence-corrected chi connectivity index (χ1v) is 4.71. The molecule has 0 bridgehead atoms. The number of nitrogens with one attached hydrogen (secondary N) is 1. The van der Waals surface area contributed by atoms with Gasteiger partial charge in [-0.1, -0.05) is 0 Å². The maximum Gasteiger partial charge on any atom is 0.573 e. The van der Waals surface area contributed by atoms with Crippen molar-refractivity contribution in [1.29, 1.82) is 0 Å². The molecule has 8 heteroatoms. The molecule has 0 aliphatic carbocycles. The molecular formula is C10H6F3N3O2. The van der Waals surface area contributed by atoms with E-state index in [4.69, 9.17) is 0 Å². The second kappa shape index (κ2) is 4.47. The van der Waals surface area contributed by atoms with Gasteiger partial charge in [0.25, 0.3) is 5.56 Å². The van der Waals surface area contributed by atoms with Crippen LogP contribution >= 0.6 is 0 Å². The van der Waals surface area contributed by atoms with E-state index in [1.165, 1.54) is 12.3 Å². The summed E-state index contributed by atoms with van der Waals surface area (Å²) in [7, 11) is 0. The Bertz CT molecular complexity index is 572. The van der Waals surface area contributed by atoms with Crippen LogP contribution in [-0.4, -0.2) is 21.3 Å². The number of pyridine rings is 1. The largest absolute Gasteiger partial charge is 0.573 e. The van der Waals surface area contributed by atoms with Gasteiger partial charge in [0.05, 0.1) is 18.1 Å². The Labute approximate surface area is 98.3 Å². The summed E-state index contributed by atoms with van der Waals surface area (Å²) < 4.78 is 39.4. The number of halogens is 3. The number of H-pyrrole nitrogens is 1. The van der Waals surface area contributed by atoms with E-state index in [9.17, 15) is 18.0 Å². The fourth-order valence-electron chi connectivity index (χ4n) is 1.21. The van der Waals surface area contributed by atoms with Crippen molar-refractivity contribution in [3.63, 3.8) is 0 Å². The molecule has 0 saturated carbocycles. The number of hydrogen-bond acceptors (Lipinski definition) is 4. The van der Waals surface area contributed by atoms with Crippen molar-refractivity contribution in [2.75, 3.05) is 0 Å². The van der Waals surface area contributed by atoms with Gasteiger partial charge >= 0.3 is 6.36 Å². The summed E-state index contributed by atoms with van der Waals surface area (Å²) in [6, 6.07) is 2.42. The highest BCUT2D eigenvalue weighted by Gasteiger charge is 2.31. The molecule has 0 unspecified atom stereocenters. The highest BCUT2D eigenvalue weighted by molar-refractivity contribution is 5.52. The van der Waals surface area contributed by atoms with Gasteiger partial charge in [0, 0.05) is 6.20 Å². The Kier molecular flexibility index (Phi) is 3.00. The average Bonchev–Trinajstić information content (AvgIpc) is 2.29. The van der Waals surface area contributed by atoms with Crippen molar-refractivity contribution < 1.29 is 17.9 Å². The molecular weight excluding hydrogens is 251 g/mol. The average molecular weight is 257 g/mol. The normalized spacial score (nSPS) is 11.3. The molecule has 0 amide bonds. The minimum Gasteiger partial charge on any atom is -0.404 e. The lowest BCUT2D eigenvalue weighted by atomic mass is 10.3. The third-order valence-corrected chi connectivity index (χ3v) is 1.90. The predicted octanol–water partition coefficient (Wildman–Crippen LogP) is 1.73. The summed E-state index contributed by atoms with van der Waals surface area (Å²) in [5, 5.41) is 0. The van der Waals surface area contributed by atoms with Crippen LogP contribution in [0.1, 0.15) is 0 Å². The zero-order valence-corrected chi connectivity index (χ0v) is 8.73. The van der Waals surface area contributed by atoms with Crippen molar-refractivity contribution >= 4 is 0 Å². The van der Waals surface area contributed by atoms with Crippen LogP contribution in [0.2, 0.25) is 0 Å². The molecule has 2 aromatic heterocycles. The Morgan fingerprint density at radius 1 is 1.11 bits per heavy atom. The third-order valence-electron chi connectivity index (χ3n) is 1.90. The minimum absolute atomic E-state index is 0.320. The van der Waals surface area contributed by atoms with Crippen molar-refractivity contribution in [3.05, 3.63) is 41.1 Å². The molecule has 5 nitrogen and oxygen atoms in total. The first-order valence-electron chi connectivity index (χ1n) is 4.71. The third kappa shape index (κ3) is 3.06. The summed E-state index contributed by atoms with van der Waals surface area (Å²) >= 11 is 0. The standard InChI is InChI=1S/C10H6F3N3O2/c11-10(12,13)18-6-1-2-7(14-3-6)8-4-16-9(17)5-15-8/h1-5H,(H,16,17). The van der Waals surface area contributed by atoms with Gasteiger partial charge < -0.3 is 9.72 Å². The highest BCUT2D eigenvalue weighted by atomic mass is 19.4. The summed E-state index contributed by atoms with van der Waals surface area (Å²) in [5.74, 6) is -0.421. The first kappa shape index (κ1) is 12.1. The topological polar surface area (TPSA) is 67.9 Å². The Morgan fingerprint density at radius 3 is 2.33 bits per heavy atom. The highest BCUT2D eigenvalue weighted by Crippen LogP contribution is 2.23. The zero-order valence-electron chi connectivity index (χ0n) is 8.73. The second-order valence-electron chi connectivity index (χ2n) is 3.22. The van der Waals surface area contributed by atoms with Crippen LogP contribution in [0.15, 0.2) is 35.5 Å². The van der Waals surface area contributed by atoms with Gasteiger partial charge in [-0.25, -0.2) is 4.98 Å².